The molecule has 1 aliphatic heterocycles. The van der Waals surface area contributed by atoms with E-state index in [0.29, 0.717) is 9.74 Å². The number of nitrogens with zero attached hydrogens (tertiary/aromatic N) is 1. The molecule has 1 fully saturated rings. The number of fused-ring (bicyclic) bond motifs is 1. The van der Waals surface area contributed by atoms with E-state index < -0.39 is 0 Å². The number of rotatable bonds is 2. The fourth-order valence-electron chi connectivity index (χ4n) is 3.00. The first-order valence-electron chi connectivity index (χ1n) is 7.18. The summed E-state index contributed by atoms with van der Waals surface area (Å²) in [5, 5.41) is 2.39. The van der Waals surface area contributed by atoms with Crippen molar-refractivity contribution in [2.75, 3.05) is 23.7 Å². The van der Waals surface area contributed by atoms with Gasteiger partial charge in [0.25, 0.3) is 0 Å². The summed E-state index contributed by atoms with van der Waals surface area (Å²) in [6, 6.07) is 12.6. The van der Waals surface area contributed by atoms with Crippen molar-refractivity contribution in [3.63, 3.8) is 0 Å². The van der Waals surface area contributed by atoms with Crippen LogP contribution in [0.25, 0.3) is 10.8 Å². The van der Waals surface area contributed by atoms with Gasteiger partial charge in [0, 0.05) is 40.2 Å². The van der Waals surface area contributed by atoms with E-state index in [1.807, 2.05) is 17.8 Å². The molecule has 2 aromatic carbocycles. The molecule has 2 nitrogen and oxygen atoms in total. The molecule has 0 unspecified atom stereocenters. The summed E-state index contributed by atoms with van der Waals surface area (Å²) in [5.41, 5.74) is 8.12. The van der Waals surface area contributed by atoms with Crippen molar-refractivity contribution in [1.82, 2.24) is 0 Å². The van der Waals surface area contributed by atoms with E-state index in [1.54, 1.807) is 0 Å². The lowest BCUT2D eigenvalue weighted by Crippen LogP contribution is -2.43. The van der Waals surface area contributed by atoms with Crippen LogP contribution in [0.1, 0.15) is 19.4 Å². The minimum atomic E-state index is 0.293. The molecule has 1 aliphatic rings. The van der Waals surface area contributed by atoms with Gasteiger partial charge < -0.3 is 10.6 Å². The van der Waals surface area contributed by atoms with E-state index >= 15 is 0 Å². The Balaban J connectivity index is 2.12. The second kappa shape index (κ2) is 5.50. The maximum atomic E-state index is 5.87. The van der Waals surface area contributed by atoms with Gasteiger partial charge in [0.2, 0.25) is 0 Å². The van der Waals surface area contributed by atoms with E-state index in [-0.39, 0.29) is 0 Å². The van der Waals surface area contributed by atoms with Gasteiger partial charge in [0.15, 0.2) is 0 Å². The molecule has 0 aliphatic carbocycles. The van der Waals surface area contributed by atoms with Crippen molar-refractivity contribution >= 4 is 45.4 Å². The van der Waals surface area contributed by atoms with Crippen LogP contribution in [0.5, 0.6) is 0 Å². The molecule has 2 N–H and O–H groups in total. The minimum absolute atomic E-state index is 0.293. The highest BCUT2D eigenvalue weighted by molar-refractivity contribution is 8.00. The van der Waals surface area contributed by atoms with Gasteiger partial charge >= 0.3 is 0 Å². The maximum Gasteiger partial charge on any atom is 0.104 e. The third-order valence-corrected chi connectivity index (χ3v) is 5.45. The second-order valence-electron chi connectivity index (χ2n) is 6.07. The molecule has 4 heteroatoms. The van der Waals surface area contributed by atoms with Crippen LogP contribution in [0.15, 0.2) is 36.4 Å². The highest BCUT2D eigenvalue weighted by Gasteiger charge is 2.28. The molecule has 0 aromatic heterocycles. The zero-order valence-electron chi connectivity index (χ0n) is 12.4. The van der Waals surface area contributed by atoms with Gasteiger partial charge in [-0.1, -0.05) is 36.5 Å². The lowest BCUT2D eigenvalue weighted by Gasteiger charge is -2.39. The summed E-state index contributed by atoms with van der Waals surface area (Å²) in [4.78, 5) is 2.95. The van der Waals surface area contributed by atoms with Gasteiger partial charge in [-0.05, 0) is 31.4 Å². The Morgan fingerprint density at radius 3 is 2.57 bits per heavy atom. The number of thioether (sulfide) groups is 1. The van der Waals surface area contributed by atoms with Crippen molar-refractivity contribution in [3.8, 4) is 0 Å². The van der Waals surface area contributed by atoms with Crippen LogP contribution >= 0.6 is 24.0 Å². The van der Waals surface area contributed by atoms with Crippen molar-refractivity contribution in [2.45, 2.75) is 18.6 Å². The Bertz CT molecular complexity index is 694. The molecule has 0 spiro atoms. The number of hydrogen-bond donors (Lipinski definition) is 1. The summed E-state index contributed by atoms with van der Waals surface area (Å²) < 4.78 is 0.293. The lowest BCUT2D eigenvalue weighted by atomic mass is 10.0. The normalized spacial score (nSPS) is 17.9. The van der Waals surface area contributed by atoms with Crippen molar-refractivity contribution in [1.29, 1.82) is 0 Å². The van der Waals surface area contributed by atoms with E-state index in [0.717, 1.165) is 24.0 Å². The van der Waals surface area contributed by atoms with Crippen LogP contribution in [-0.2, 0) is 0 Å². The predicted molar refractivity (Wildman–Crippen MR) is 98.6 cm³/mol. The van der Waals surface area contributed by atoms with E-state index in [2.05, 4.69) is 49.1 Å². The molecule has 1 saturated heterocycles. The largest absolute Gasteiger partial charge is 0.389 e. The molecule has 0 bridgehead atoms. The van der Waals surface area contributed by atoms with Gasteiger partial charge in [-0.15, -0.1) is 0 Å². The first-order valence-corrected chi connectivity index (χ1v) is 8.58. The topological polar surface area (TPSA) is 29.3 Å². The molecule has 1 heterocycles. The lowest BCUT2D eigenvalue weighted by molar-refractivity contribution is 0.649. The van der Waals surface area contributed by atoms with Gasteiger partial charge in [0.1, 0.15) is 4.99 Å². The summed E-state index contributed by atoms with van der Waals surface area (Å²) in [6.45, 7) is 6.78. The number of hydrogen-bond acceptors (Lipinski definition) is 3. The van der Waals surface area contributed by atoms with E-state index in [9.17, 15) is 0 Å². The SMILES string of the molecule is CC1(C)CN(c2ccc(C(N)=S)c3ccccc23)CCS1. The molecule has 110 valence electrons. The fraction of sp³-hybridized carbons (Fsp3) is 0.353. The van der Waals surface area contributed by atoms with E-state index in [1.165, 1.54) is 16.8 Å². The third kappa shape index (κ3) is 2.87. The quantitative estimate of drug-likeness (QED) is 0.853. The maximum absolute atomic E-state index is 5.87. The standard InChI is InChI=1S/C17H20N2S2/c1-17(2)11-19(9-10-21-17)15-8-7-14(16(18)20)12-5-3-4-6-13(12)15/h3-8H,9-11H2,1-2H3,(H2,18,20). The predicted octanol–water partition coefficient (Wildman–Crippen LogP) is 3.81. The molecular weight excluding hydrogens is 296 g/mol. The van der Waals surface area contributed by atoms with Crippen molar-refractivity contribution in [2.24, 2.45) is 5.73 Å². The Hall–Kier alpha value is -1.26. The molecule has 3 rings (SSSR count). The van der Waals surface area contributed by atoms with Crippen molar-refractivity contribution in [3.05, 3.63) is 42.0 Å². The van der Waals surface area contributed by atoms with Gasteiger partial charge in [-0.25, -0.2) is 0 Å². The number of benzene rings is 2. The summed E-state index contributed by atoms with van der Waals surface area (Å²) in [6.07, 6.45) is 0. The average molecular weight is 316 g/mol. The number of nitrogens with two attached hydrogens (primary N) is 1. The molecular formula is C17H20N2S2. The molecule has 0 atom stereocenters. The minimum Gasteiger partial charge on any atom is -0.389 e. The van der Waals surface area contributed by atoms with Crippen LogP contribution in [0.4, 0.5) is 5.69 Å². The first-order chi connectivity index (χ1) is 9.98. The van der Waals surface area contributed by atoms with Gasteiger partial charge in [0.05, 0.1) is 0 Å². The monoisotopic (exact) mass is 316 g/mol. The van der Waals surface area contributed by atoms with Crippen molar-refractivity contribution < 1.29 is 0 Å². The Labute approximate surface area is 135 Å². The summed E-state index contributed by atoms with van der Waals surface area (Å²) in [5.74, 6) is 1.17. The fourth-order valence-corrected chi connectivity index (χ4v) is 4.29. The highest BCUT2D eigenvalue weighted by Crippen LogP contribution is 2.36. The zero-order valence-corrected chi connectivity index (χ0v) is 14.1. The molecule has 0 radical (unpaired) electrons. The van der Waals surface area contributed by atoms with Gasteiger partial charge in [-0.2, -0.15) is 11.8 Å². The van der Waals surface area contributed by atoms with Crippen LogP contribution in [0, 0.1) is 0 Å². The average Bonchev–Trinajstić information content (AvgIpc) is 2.44. The summed E-state index contributed by atoms with van der Waals surface area (Å²) in [7, 11) is 0. The Morgan fingerprint density at radius 2 is 1.90 bits per heavy atom. The number of anilines is 1. The highest BCUT2D eigenvalue weighted by atomic mass is 32.2. The van der Waals surface area contributed by atoms with Gasteiger partial charge in [-0.3, -0.25) is 0 Å². The zero-order chi connectivity index (χ0) is 15.0. The Morgan fingerprint density at radius 1 is 1.19 bits per heavy atom. The molecule has 0 saturated carbocycles. The van der Waals surface area contributed by atoms with E-state index in [4.69, 9.17) is 18.0 Å². The molecule has 2 aromatic rings. The summed E-state index contributed by atoms with van der Waals surface area (Å²) >= 11 is 7.24. The Kier molecular flexibility index (Phi) is 3.84. The smallest absolute Gasteiger partial charge is 0.104 e. The second-order valence-corrected chi connectivity index (χ2v) is 8.31. The molecule has 0 amide bonds. The first kappa shape index (κ1) is 14.7. The van der Waals surface area contributed by atoms with Crippen LogP contribution in [0.2, 0.25) is 0 Å². The third-order valence-electron chi connectivity index (χ3n) is 3.93. The van der Waals surface area contributed by atoms with Crippen LogP contribution < -0.4 is 10.6 Å². The van der Waals surface area contributed by atoms with Crippen LogP contribution in [0.3, 0.4) is 0 Å². The van der Waals surface area contributed by atoms with Crippen LogP contribution in [-0.4, -0.2) is 28.6 Å². The molecule has 21 heavy (non-hydrogen) atoms. The number of thiocarbonyl (C=S) groups is 1.